The molecule has 2 fully saturated rings. The van der Waals surface area contributed by atoms with E-state index in [2.05, 4.69) is 41.6 Å². The van der Waals surface area contributed by atoms with Gasteiger partial charge in [-0.2, -0.15) is 33.4 Å². The number of hydrogen-bond acceptors (Lipinski definition) is 8. The molecule has 2 aliphatic carbocycles. The molecule has 8 nitrogen and oxygen atoms in total. The number of alkyl halides is 5. The molecule has 3 atom stereocenters. The van der Waals surface area contributed by atoms with Crippen molar-refractivity contribution >= 4 is 17.6 Å². The van der Waals surface area contributed by atoms with Crippen LogP contribution in [-0.4, -0.2) is 43.3 Å². The van der Waals surface area contributed by atoms with Gasteiger partial charge in [0.05, 0.1) is 23.2 Å². The molecule has 35 heavy (non-hydrogen) atoms. The predicted octanol–water partition coefficient (Wildman–Crippen LogP) is 4.51. The number of aromatic nitrogens is 5. The highest BCUT2D eigenvalue weighted by Crippen LogP contribution is 2.47. The fourth-order valence-corrected chi connectivity index (χ4v) is 3.64. The SMILES string of the molecule is N#CC1(c2cc(Nc3nc(NC4CC(F)C4F)nc(-c4cccc(C(F)(F)F)n4)n3)ccn2)CC1. The molecule has 0 radical (unpaired) electrons. The minimum atomic E-state index is -4.68. The minimum absolute atomic E-state index is 0.0674. The van der Waals surface area contributed by atoms with E-state index in [-0.39, 0.29) is 29.8 Å². The van der Waals surface area contributed by atoms with Gasteiger partial charge in [0.25, 0.3) is 0 Å². The van der Waals surface area contributed by atoms with Crippen LogP contribution in [0.15, 0.2) is 36.5 Å². The average molecular weight is 488 g/mol. The lowest BCUT2D eigenvalue weighted by Gasteiger charge is -2.34. The number of hydrogen-bond donors (Lipinski definition) is 2. The van der Waals surface area contributed by atoms with Crippen molar-refractivity contribution in [1.82, 2.24) is 24.9 Å². The quantitative estimate of drug-likeness (QED) is 0.488. The van der Waals surface area contributed by atoms with E-state index in [0.717, 1.165) is 6.07 Å². The normalized spacial score (nSPS) is 22.6. The highest BCUT2D eigenvalue weighted by molar-refractivity contribution is 5.60. The maximum absolute atomic E-state index is 13.8. The Bertz CT molecular complexity index is 1300. The van der Waals surface area contributed by atoms with Crippen LogP contribution in [0, 0.1) is 11.3 Å². The van der Waals surface area contributed by atoms with Crippen molar-refractivity contribution in [3.05, 3.63) is 47.9 Å². The van der Waals surface area contributed by atoms with Crippen LogP contribution in [0.3, 0.4) is 0 Å². The first kappa shape index (κ1) is 22.8. The Morgan fingerprint density at radius 1 is 1.03 bits per heavy atom. The van der Waals surface area contributed by atoms with Crippen molar-refractivity contribution in [2.75, 3.05) is 10.6 Å². The molecule has 2 N–H and O–H groups in total. The van der Waals surface area contributed by atoms with E-state index in [4.69, 9.17) is 0 Å². The van der Waals surface area contributed by atoms with E-state index in [1.807, 2.05) is 0 Å². The number of nitrogens with one attached hydrogen (secondary N) is 2. The third-order valence-corrected chi connectivity index (χ3v) is 5.90. The summed E-state index contributed by atoms with van der Waals surface area (Å²) >= 11 is 0. The lowest BCUT2D eigenvalue weighted by atomic mass is 9.88. The van der Waals surface area contributed by atoms with Gasteiger partial charge >= 0.3 is 6.18 Å². The third kappa shape index (κ3) is 4.55. The first-order valence-corrected chi connectivity index (χ1v) is 10.7. The predicted molar refractivity (Wildman–Crippen MR) is 114 cm³/mol. The van der Waals surface area contributed by atoms with Crippen LogP contribution >= 0.6 is 0 Å². The highest BCUT2D eigenvalue weighted by atomic mass is 19.4. The Kier molecular flexibility index (Phi) is 5.46. The van der Waals surface area contributed by atoms with Crippen LogP contribution in [0.4, 0.5) is 39.5 Å². The topological polar surface area (TPSA) is 112 Å². The van der Waals surface area contributed by atoms with Gasteiger partial charge in [0.15, 0.2) is 12.0 Å². The van der Waals surface area contributed by atoms with E-state index in [1.54, 1.807) is 12.1 Å². The number of nitrogens with zero attached hydrogens (tertiary/aromatic N) is 6. The van der Waals surface area contributed by atoms with Crippen LogP contribution < -0.4 is 10.6 Å². The zero-order chi connectivity index (χ0) is 24.8. The fraction of sp³-hybridized carbons (Fsp3) is 0.364. The molecule has 0 amide bonds. The summed E-state index contributed by atoms with van der Waals surface area (Å²) in [5.41, 5.74) is -0.903. The Balaban J connectivity index is 1.49. The number of nitriles is 1. The molecule has 0 bridgehead atoms. The zero-order valence-electron chi connectivity index (χ0n) is 17.9. The summed E-state index contributed by atoms with van der Waals surface area (Å²) in [6, 6.07) is 7.90. The van der Waals surface area contributed by atoms with Gasteiger partial charge in [-0.05, 0) is 37.1 Å². The number of pyridine rings is 2. The molecule has 3 aromatic heterocycles. The minimum Gasteiger partial charge on any atom is -0.348 e. The fourth-order valence-electron chi connectivity index (χ4n) is 3.64. The van der Waals surface area contributed by atoms with E-state index in [1.165, 1.54) is 18.3 Å². The van der Waals surface area contributed by atoms with Gasteiger partial charge < -0.3 is 10.6 Å². The molecule has 5 rings (SSSR count). The second-order valence-electron chi connectivity index (χ2n) is 8.41. The van der Waals surface area contributed by atoms with Crippen molar-refractivity contribution in [3.63, 3.8) is 0 Å². The van der Waals surface area contributed by atoms with E-state index >= 15 is 0 Å². The second-order valence-corrected chi connectivity index (χ2v) is 8.41. The summed E-state index contributed by atoms with van der Waals surface area (Å²) in [7, 11) is 0. The summed E-state index contributed by atoms with van der Waals surface area (Å²) in [5.74, 6) is -0.420. The lowest BCUT2D eigenvalue weighted by molar-refractivity contribution is -0.141. The van der Waals surface area contributed by atoms with Gasteiger partial charge in [0, 0.05) is 18.3 Å². The van der Waals surface area contributed by atoms with Crippen LogP contribution in [0.1, 0.15) is 30.7 Å². The van der Waals surface area contributed by atoms with Crippen molar-refractivity contribution in [1.29, 1.82) is 5.26 Å². The standard InChI is InChI=1S/C22H17F5N8/c23-12-9-14(17(12)24)32-20-34-18(13-2-1-3-15(31-13)22(25,26)27)33-19(35-20)30-11-4-7-29-16(8-11)21(10-28)5-6-21/h1-4,7-8,12,14,17H,5-6,9H2,(H2,29,30,32,33,34,35). The monoisotopic (exact) mass is 488 g/mol. The molecule has 3 unspecified atom stereocenters. The van der Waals surface area contributed by atoms with E-state index < -0.39 is 35.7 Å². The summed E-state index contributed by atoms with van der Waals surface area (Å²) in [6.07, 6.45) is -5.27. The summed E-state index contributed by atoms with van der Waals surface area (Å²) in [6.45, 7) is 0. The molecule has 3 heterocycles. The molecule has 0 aromatic carbocycles. The Labute approximate surface area is 195 Å². The van der Waals surface area contributed by atoms with Gasteiger partial charge in [0.1, 0.15) is 17.6 Å². The van der Waals surface area contributed by atoms with Crippen LogP contribution in [0.25, 0.3) is 11.5 Å². The van der Waals surface area contributed by atoms with Crippen molar-refractivity contribution in [2.45, 2.75) is 49.2 Å². The maximum Gasteiger partial charge on any atom is 0.433 e. The molecule has 0 spiro atoms. The van der Waals surface area contributed by atoms with Crippen molar-refractivity contribution in [2.24, 2.45) is 0 Å². The van der Waals surface area contributed by atoms with Crippen molar-refractivity contribution < 1.29 is 22.0 Å². The smallest absolute Gasteiger partial charge is 0.348 e. The molecule has 2 saturated carbocycles. The number of rotatable bonds is 6. The second kappa shape index (κ2) is 8.37. The molecule has 3 aromatic rings. The average Bonchev–Trinajstić information content (AvgIpc) is 3.65. The number of anilines is 3. The van der Waals surface area contributed by atoms with E-state index in [9.17, 15) is 27.2 Å². The molecule has 180 valence electrons. The summed E-state index contributed by atoms with van der Waals surface area (Å²) < 4.78 is 66.6. The highest BCUT2D eigenvalue weighted by Gasteiger charge is 2.46. The number of halogens is 5. The summed E-state index contributed by atoms with van der Waals surface area (Å²) in [5, 5.41) is 15.0. The van der Waals surface area contributed by atoms with Gasteiger partial charge in [-0.3, -0.25) is 4.98 Å². The first-order chi connectivity index (χ1) is 16.7. The van der Waals surface area contributed by atoms with Gasteiger partial charge in [-0.15, -0.1) is 0 Å². The maximum atomic E-state index is 13.8. The van der Waals surface area contributed by atoms with Crippen LogP contribution in [0.5, 0.6) is 0 Å². The zero-order valence-corrected chi connectivity index (χ0v) is 17.9. The Morgan fingerprint density at radius 3 is 2.46 bits per heavy atom. The molecular formula is C22H17F5N8. The first-order valence-electron chi connectivity index (χ1n) is 10.7. The van der Waals surface area contributed by atoms with Gasteiger partial charge in [-0.25, -0.2) is 13.8 Å². The molecule has 2 aliphatic rings. The van der Waals surface area contributed by atoms with Crippen LogP contribution in [0.2, 0.25) is 0 Å². The molecule has 0 aliphatic heterocycles. The molecule has 13 heteroatoms. The largest absolute Gasteiger partial charge is 0.433 e. The third-order valence-electron chi connectivity index (χ3n) is 5.90. The lowest BCUT2D eigenvalue weighted by Crippen LogP contribution is -2.50. The van der Waals surface area contributed by atoms with Gasteiger partial charge in [0.2, 0.25) is 11.9 Å². The molecular weight excluding hydrogens is 471 g/mol. The molecule has 0 saturated heterocycles. The van der Waals surface area contributed by atoms with Crippen LogP contribution in [-0.2, 0) is 11.6 Å². The Morgan fingerprint density at radius 2 is 1.80 bits per heavy atom. The Hall–Kier alpha value is -3.95. The van der Waals surface area contributed by atoms with Gasteiger partial charge in [-0.1, -0.05) is 6.07 Å². The van der Waals surface area contributed by atoms with E-state index in [0.29, 0.717) is 24.2 Å². The summed E-state index contributed by atoms with van der Waals surface area (Å²) in [4.78, 5) is 20.3. The van der Waals surface area contributed by atoms with Crippen molar-refractivity contribution in [3.8, 4) is 17.6 Å².